The first-order valence-electron chi connectivity index (χ1n) is 14.8. The number of aromatic nitrogens is 6. The number of alkyl halides is 1. The van der Waals surface area contributed by atoms with Crippen molar-refractivity contribution in [2.24, 2.45) is 13.0 Å². The molecule has 1 atom stereocenters. The summed E-state index contributed by atoms with van der Waals surface area (Å²) >= 11 is 0. The smallest absolute Gasteiger partial charge is 0.280 e. The SMILES string of the molecule is CCc1cn(-c2cc(C3(c4nncn4C)CC(F)C3)cc(C3CC3)n2)c(=O)c2[nH]c(CN3CCC[C@H](C)C3)cc12. The molecule has 7 rings (SSSR count). The highest BCUT2D eigenvalue weighted by Crippen LogP contribution is 2.51. The molecule has 3 fully saturated rings. The normalized spacial score (nSPS) is 25.4. The van der Waals surface area contributed by atoms with Crippen LogP contribution in [-0.4, -0.2) is 53.5 Å². The van der Waals surface area contributed by atoms with E-state index >= 15 is 0 Å². The second-order valence-electron chi connectivity index (χ2n) is 12.5. The van der Waals surface area contributed by atoms with E-state index in [4.69, 9.17) is 4.98 Å². The number of piperidine rings is 1. The number of nitrogens with zero attached hydrogens (tertiary/aromatic N) is 6. The van der Waals surface area contributed by atoms with E-state index in [1.54, 1.807) is 10.9 Å². The van der Waals surface area contributed by atoms with E-state index in [1.165, 1.54) is 12.8 Å². The quantitative estimate of drug-likeness (QED) is 0.357. The predicted molar refractivity (Wildman–Crippen MR) is 153 cm³/mol. The molecule has 4 aromatic heterocycles. The van der Waals surface area contributed by atoms with Crippen LogP contribution >= 0.6 is 0 Å². The summed E-state index contributed by atoms with van der Waals surface area (Å²) in [7, 11) is 1.91. The molecule has 0 unspecified atom stereocenters. The van der Waals surface area contributed by atoms with Crippen LogP contribution in [0.15, 0.2) is 35.5 Å². The van der Waals surface area contributed by atoms with Crippen LogP contribution < -0.4 is 5.56 Å². The minimum Gasteiger partial charge on any atom is -0.353 e. The van der Waals surface area contributed by atoms with Gasteiger partial charge in [0.25, 0.3) is 5.56 Å². The molecule has 8 nitrogen and oxygen atoms in total. The average Bonchev–Trinajstić information content (AvgIpc) is 3.56. The molecule has 4 aromatic rings. The van der Waals surface area contributed by atoms with E-state index in [0.29, 0.717) is 36.0 Å². The second kappa shape index (κ2) is 9.65. The minimum atomic E-state index is -0.885. The van der Waals surface area contributed by atoms with E-state index in [0.717, 1.165) is 72.6 Å². The molecule has 1 aliphatic heterocycles. The Morgan fingerprint density at radius 2 is 2.00 bits per heavy atom. The van der Waals surface area contributed by atoms with Gasteiger partial charge in [-0.1, -0.05) is 13.8 Å². The van der Waals surface area contributed by atoms with Crippen LogP contribution in [0.3, 0.4) is 0 Å². The topological polar surface area (TPSA) is 84.6 Å². The van der Waals surface area contributed by atoms with Crippen LogP contribution in [0.5, 0.6) is 0 Å². The molecule has 0 aromatic carbocycles. The fourth-order valence-corrected chi connectivity index (χ4v) is 7.03. The average molecular weight is 544 g/mol. The van der Waals surface area contributed by atoms with Crippen molar-refractivity contribution in [3.8, 4) is 5.82 Å². The van der Waals surface area contributed by atoms with E-state index in [2.05, 4.69) is 46.1 Å². The zero-order valence-electron chi connectivity index (χ0n) is 23.7. The Balaban J connectivity index is 1.34. The number of halogens is 1. The maximum absolute atomic E-state index is 14.5. The Hall–Kier alpha value is -3.33. The van der Waals surface area contributed by atoms with Gasteiger partial charge >= 0.3 is 0 Å². The summed E-state index contributed by atoms with van der Waals surface area (Å²) < 4.78 is 18.1. The van der Waals surface area contributed by atoms with Crippen molar-refractivity contribution >= 4 is 10.9 Å². The predicted octanol–water partition coefficient (Wildman–Crippen LogP) is 4.93. The van der Waals surface area contributed by atoms with Crippen molar-refractivity contribution in [2.45, 2.75) is 82.8 Å². The highest BCUT2D eigenvalue weighted by molar-refractivity contribution is 5.83. The van der Waals surface area contributed by atoms with Crippen LogP contribution in [0.2, 0.25) is 0 Å². The molecule has 210 valence electrons. The molecule has 0 radical (unpaired) electrons. The van der Waals surface area contributed by atoms with Crippen LogP contribution in [-0.2, 0) is 25.4 Å². The zero-order valence-corrected chi connectivity index (χ0v) is 23.7. The number of fused-ring (bicyclic) bond motifs is 1. The van der Waals surface area contributed by atoms with Gasteiger partial charge < -0.3 is 9.55 Å². The van der Waals surface area contributed by atoms with Crippen LogP contribution in [0.1, 0.15) is 86.6 Å². The zero-order chi connectivity index (χ0) is 27.6. The molecule has 40 heavy (non-hydrogen) atoms. The lowest BCUT2D eigenvalue weighted by molar-refractivity contribution is 0.114. The number of hydrogen-bond donors (Lipinski definition) is 1. The second-order valence-corrected chi connectivity index (χ2v) is 12.5. The standard InChI is InChI=1S/C31H38FN7O/c1-4-20-16-39(29(40)28-25(20)12-24(34-28)17-38-9-5-6-19(2)15-38)27-11-22(10-26(35-27)21-7-8-21)31(13-23(32)14-31)30-36-33-18-37(30)3/h10-12,16,18-19,21,23,34H,4-9,13-15,17H2,1-3H3/t19-,23?,31?/m0/s1. The van der Waals surface area contributed by atoms with Crippen LogP contribution in [0, 0.1) is 5.92 Å². The molecular formula is C31H38FN7O. The van der Waals surface area contributed by atoms with Gasteiger partial charge in [-0.25, -0.2) is 9.37 Å². The highest BCUT2D eigenvalue weighted by atomic mass is 19.1. The first-order valence-corrected chi connectivity index (χ1v) is 14.8. The lowest BCUT2D eigenvalue weighted by Crippen LogP contribution is -2.45. The summed E-state index contributed by atoms with van der Waals surface area (Å²) in [6.07, 6.45) is 8.94. The van der Waals surface area contributed by atoms with Gasteiger partial charge in [0.1, 0.15) is 29.7 Å². The summed E-state index contributed by atoms with van der Waals surface area (Å²) in [5, 5.41) is 9.50. The number of H-pyrrole nitrogens is 1. The minimum absolute atomic E-state index is 0.0958. The molecule has 5 heterocycles. The molecule has 1 saturated heterocycles. The summed E-state index contributed by atoms with van der Waals surface area (Å²) in [6.45, 7) is 7.45. The van der Waals surface area contributed by atoms with Gasteiger partial charge in [0.2, 0.25) is 0 Å². The van der Waals surface area contributed by atoms with Crippen molar-refractivity contribution in [3.05, 3.63) is 69.4 Å². The molecule has 0 bridgehead atoms. The van der Waals surface area contributed by atoms with Gasteiger partial charge in [-0.15, -0.1) is 10.2 Å². The Morgan fingerprint density at radius 1 is 1.18 bits per heavy atom. The number of aromatic amines is 1. The van der Waals surface area contributed by atoms with Crippen molar-refractivity contribution in [1.29, 1.82) is 0 Å². The maximum atomic E-state index is 14.5. The third-order valence-electron chi connectivity index (χ3n) is 9.36. The number of pyridine rings is 2. The lowest BCUT2D eigenvalue weighted by Gasteiger charge is -2.43. The molecule has 1 N–H and O–H groups in total. The molecule has 3 aliphatic rings. The highest BCUT2D eigenvalue weighted by Gasteiger charge is 2.51. The number of hydrogen-bond acceptors (Lipinski definition) is 5. The van der Waals surface area contributed by atoms with Crippen molar-refractivity contribution in [3.63, 3.8) is 0 Å². The largest absolute Gasteiger partial charge is 0.353 e. The lowest BCUT2D eigenvalue weighted by atomic mass is 9.62. The molecular weight excluding hydrogens is 505 g/mol. The van der Waals surface area contributed by atoms with E-state index < -0.39 is 11.6 Å². The van der Waals surface area contributed by atoms with Gasteiger partial charge in [0.05, 0.1) is 5.41 Å². The molecule has 2 saturated carbocycles. The fourth-order valence-electron chi connectivity index (χ4n) is 7.03. The van der Waals surface area contributed by atoms with E-state index in [9.17, 15) is 9.18 Å². The van der Waals surface area contributed by atoms with Crippen molar-refractivity contribution in [1.82, 2.24) is 34.2 Å². The van der Waals surface area contributed by atoms with Gasteiger partial charge in [-0.2, -0.15) is 0 Å². The Kier molecular flexibility index (Phi) is 6.18. The number of aryl methyl sites for hydroxylation is 2. The van der Waals surface area contributed by atoms with Crippen LogP contribution in [0.4, 0.5) is 4.39 Å². The molecule has 0 spiro atoms. The first kappa shape index (κ1) is 25.6. The van der Waals surface area contributed by atoms with Gasteiger partial charge in [-0.05, 0) is 86.7 Å². The Labute approximate surface area is 233 Å². The summed E-state index contributed by atoms with van der Waals surface area (Å²) in [5.74, 6) is 2.45. The summed E-state index contributed by atoms with van der Waals surface area (Å²) in [6, 6.07) is 6.27. The molecule has 0 amide bonds. The molecule has 2 aliphatic carbocycles. The van der Waals surface area contributed by atoms with Gasteiger partial charge in [0, 0.05) is 49.0 Å². The maximum Gasteiger partial charge on any atom is 0.280 e. The third-order valence-corrected chi connectivity index (χ3v) is 9.36. The monoisotopic (exact) mass is 543 g/mol. The van der Waals surface area contributed by atoms with Crippen LogP contribution in [0.25, 0.3) is 16.7 Å². The number of rotatable bonds is 7. The summed E-state index contributed by atoms with van der Waals surface area (Å²) in [5.41, 5.74) is 4.11. The third kappa shape index (κ3) is 4.29. The van der Waals surface area contributed by atoms with Crippen molar-refractivity contribution in [2.75, 3.05) is 13.1 Å². The number of nitrogens with one attached hydrogen (secondary N) is 1. The Bertz CT molecular complexity index is 1620. The summed E-state index contributed by atoms with van der Waals surface area (Å²) in [4.78, 5) is 25.0. The van der Waals surface area contributed by atoms with Gasteiger partial charge in [-0.3, -0.25) is 14.3 Å². The fraction of sp³-hybridized carbons (Fsp3) is 0.548. The molecule has 9 heteroatoms. The van der Waals surface area contributed by atoms with E-state index in [1.807, 2.05) is 23.9 Å². The Morgan fingerprint density at radius 3 is 2.67 bits per heavy atom. The number of likely N-dealkylation sites (tertiary alicyclic amines) is 1. The first-order chi connectivity index (χ1) is 19.3. The van der Waals surface area contributed by atoms with Crippen molar-refractivity contribution < 1.29 is 4.39 Å². The van der Waals surface area contributed by atoms with E-state index in [-0.39, 0.29) is 5.56 Å². The van der Waals surface area contributed by atoms with Gasteiger partial charge in [0.15, 0.2) is 0 Å².